The number of anilines is 1. The Balaban J connectivity index is 1.65. The number of hydrogen-bond donors (Lipinski definition) is 2. The largest absolute Gasteiger partial charge is 0.462 e. The summed E-state index contributed by atoms with van der Waals surface area (Å²) in [6.07, 6.45) is 1.52. The van der Waals surface area contributed by atoms with Gasteiger partial charge in [-0.1, -0.05) is 0 Å². The number of amidine groups is 1. The maximum Gasteiger partial charge on any atom is 0.283 e. The lowest BCUT2D eigenvalue weighted by Gasteiger charge is -2.31. The zero-order chi connectivity index (χ0) is 19.9. The number of alkyl halides is 1. The molecule has 1 fully saturated rings. The number of nitrogens with two attached hydrogens (primary N) is 1. The first-order valence-corrected chi connectivity index (χ1v) is 8.52. The average Bonchev–Trinajstić information content (AvgIpc) is 3.48. The Labute approximate surface area is 158 Å². The minimum Gasteiger partial charge on any atom is -0.462 e. The summed E-state index contributed by atoms with van der Waals surface area (Å²) in [5.41, 5.74) is 4.86. The Hall–Kier alpha value is -3.54. The number of hydrogen-bond acceptors (Lipinski definition) is 6. The number of fused-ring (bicyclic) bond motifs is 1. The predicted molar refractivity (Wildman–Crippen MR) is 95.6 cm³/mol. The molecule has 1 aromatic carbocycles. The van der Waals surface area contributed by atoms with E-state index >= 15 is 0 Å². The van der Waals surface area contributed by atoms with Crippen LogP contribution in [0, 0.1) is 23.1 Å². The quantitative estimate of drug-likeness (QED) is 0.841. The third kappa shape index (κ3) is 2.93. The van der Waals surface area contributed by atoms with E-state index < -0.39 is 23.9 Å². The van der Waals surface area contributed by atoms with Gasteiger partial charge in [-0.3, -0.25) is 4.79 Å². The van der Waals surface area contributed by atoms with Crippen LogP contribution in [0.5, 0.6) is 0 Å². The summed E-state index contributed by atoms with van der Waals surface area (Å²) in [4.78, 5) is 20.4. The highest BCUT2D eigenvalue weighted by Crippen LogP contribution is 2.53. The van der Waals surface area contributed by atoms with E-state index in [1.54, 1.807) is 0 Å². The van der Waals surface area contributed by atoms with Crippen LogP contribution in [0.25, 0.3) is 0 Å². The molecule has 4 rings (SSSR count). The third-order valence-electron chi connectivity index (χ3n) is 4.95. The summed E-state index contributed by atoms with van der Waals surface area (Å²) in [6, 6.07) is 8.47. The SMILES string of the molecule is N#Cc1ccc(C(=O)Nc2ccc(F)c([C@@]3(CF)N=C(N)O[C@@H]4C[C@@H]43)c2)nc1. The van der Waals surface area contributed by atoms with Crippen LogP contribution in [-0.2, 0) is 10.3 Å². The second-order valence-electron chi connectivity index (χ2n) is 6.70. The van der Waals surface area contributed by atoms with Gasteiger partial charge in [-0.25, -0.2) is 18.8 Å². The van der Waals surface area contributed by atoms with E-state index in [0.717, 1.165) is 6.07 Å². The van der Waals surface area contributed by atoms with E-state index in [1.165, 1.54) is 30.5 Å². The van der Waals surface area contributed by atoms with E-state index in [-0.39, 0.29) is 35.0 Å². The molecule has 9 heteroatoms. The van der Waals surface area contributed by atoms with Crippen molar-refractivity contribution in [3.63, 3.8) is 0 Å². The molecule has 0 unspecified atom stereocenters. The first-order chi connectivity index (χ1) is 13.5. The molecule has 3 atom stereocenters. The number of amides is 1. The minimum absolute atomic E-state index is 0.0133. The van der Waals surface area contributed by atoms with Crippen molar-refractivity contribution in [2.75, 3.05) is 12.0 Å². The third-order valence-corrected chi connectivity index (χ3v) is 4.95. The van der Waals surface area contributed by atoms with Crippen LogP contribution < -0.4 is 11.1 Å². The van der Waals surface area contributed by atoms with E-state index in [4.69, 9.17) is 15.7 Å². The number of halogens is 2. The van der Waals surface area contributed by atoms with Gasteiger partial charge in [0.05, 0.1) is 5.56 Å². The van der Waals surface area contributed by atoms with Crippen molar-refractivity contribution < 1.29 is 18.3 Å². The highest BCUT2D eigenvalue weighted by molar-refractivity contribution is 6.02. The standard InChI is InChI=1S/C19H15F2N5O2/c20-9-19(13-6-16(13)28-18(23)26-19)12-5-11(2-3-14(12)21)25-17(27)15-4-1-10(7-22)8-24-15/h1-5,8,13,16H,6,9H2,(H2,23,26)(H,25,27)/t13-,16+,19+/m0/s1. The van der Waals surface area contributed by atoms with Gasteiger partial charge in [0.15, 0.2) is 0 Å². The van der Waals surface area contributed by atoms with E-state index in [9.17, 15) is 13.6 Å². The number of benzene rings is 1. The summed E-state index contributed by atoms with van der Waals surface area (Å²) >= 11 is 0. The molecule has 1 amide bonds. The van der Waals surface area contributed by atoms with Crippen LogP contribution in [0.1, 0.15) is 28.0 Å². The van der Waals surface area contributed by atoms with Crippen molar-refractivity contribution in [1.82, 2.24) is 4.98 Å². The number of aliphatic imine (C=N–C) groups is 1. The molecule has 0 radical (unpaired) electrons. The molecule has 1 aromatic heterocycles. The van der Waals surface area contributed by atoms with Crippen LogP contribution in [-0.4, -0.2) is 29.7 Å². The molecule has 7 nitrogen and oxygen atoms in total. The molecule has 2 aromatic rings. The van der Waals surface area contributed by atoms with E-state index in [1.807, 2.05) is 6.07 Å². The molecule has 0 saturated heterocycles. The summed E-state index contributed by atoms with van der Waals surface area (Å²) in [5, 5.41) is 11.4. The van der Waals surface area contributed by atoms with Gasteiger partial charge in [0, 0.05) is 23.4 Å². The van der Waals surface area contributed by atoms with Gasteiger partial charge in [0.2, 0.25) is 0 Å². The van der Waals surface area contributed by atoms with E-state index in [2.05, 4.69) is 15.3 Å². The van der Waals surface area contributed by atoms with Gasteiger partial charge in [-0.05, 0) is 36.8 Å². The van der Waals surface area contributed by atoms with Gasteiger partial charge in [-0.2, -0.15) is 5.26 Å². The average molecular weight is 383 g/mol. The van der Waals surface area contributed by atoms with Crippen LogP contribution in [0.2, 0.25) is 0 Å². The molecule has 3 N–H and O–H groups in total. The topological polar surface area (TPSA) is 113 Å². The van der Waals surface area contributed by atoms with Crippen LogP contribution in [0.15, 0.2) is 41.5 Å². The highest BCUT2D eigenvalue weighted by atomic mass is 19.1. The first kappa shape index (κ1) is 17.9. The molecule has 2 heterocycles. The second kappa shape index (κ2) is 6.56. The highest BCUT2D eigenvalue weighted by Gasteiger charge is 2.60. The fourth-order valence-corrected chi connectivity index (χ4v) is 3.45. The summed E-state index contributed by atoms with van der Waals surface area (Å²) in [6.45, 7) is -0.941. The fraction of sp³-hybridized carbons (Fsp3) is 0.263. The molecule has 2 aliphatic rings. The number of ether oxygens (including phenoxy) is 1. The Morgan fingerprint density at radius 2 is 2.25 bits per heavy atom. The minimum atomic E-state index is -1.47. The van der Waals surface area contributed by atoms with Gasteiger partial charge < -0.3 is 15.8 Å². The van der Waals surface area contributed by atoms with Crippen LogP contribution in [0.4, 0.5) is 14.5 Å². The van der Waals surface area contributed by atoms with Crippen molar-refractivity contribution in [3.8, 4) is 6.07 Å². The lowest BCUT2D eigenvalue weighted by Crippen LogP contribution is -2.39. The monoisotopic (exact) mass is 383 g/mol. The van der Waals surface area contributed by atoms with Crippen LogP contribution >= 0.6 is 0 Å². The van der Waals surface area contributed by atoms with Crippen molar-refractivity contribution in [1.29, 1.82) is 5.26 Å². The van der Waals surface area contributed by atoms with Crippen molar-refractivity contribution in [2.24, 2.45) is 16.6 Å². The number of aromatic nitrogens is 1. The predicted octanol–water partition coefficient (Wildman–Crippen LogP) is 2.24. The Bertz CT molecular complexity index is 1020. The number of pyridine rings is 1. The normalized spacial score (nSPS) is 25.0. The zero-order valence-corrected chi connectivity index (χ0v) is 14.5. The lowest BCUT2D eigenvalue weighted by atomic mass is 9.85. The van der Waals surface area contributed by atoms with Crippen molar-refractivity contribution >= 4 is 17.6 Å². The number of carbonyl (C=O) groups excluding carboxylic acids is 1. The molecular weight excluding hydrogens is 368 g/mol. The number of nitrogens with zero attached hydrogens (tertiary/aromatic N) is 3. The first-order valence-electron chi connectivity index (χ1n) is 8.52. The molecule has 0 spiro atoms. The Morgan fingerprint density at radius 1 is 1.43 bits per heavy atom. The fourth-order valence-electron chi connectivity index (χ4n) is 3.45. The number of nitriles is 1. The van der Waals surface area contributed by atoms with Gasteiger partial charge in [0.1, 0.15) is 35.9 Å². The number of rotatable bonds is 4. The molecule has 1 aliphatic heterocycles. The maximum atomic E-state index is 14.6. The van der Waals surface area contributed by atoms with Crippen molar-refractivity contribution in [2.45, 2.75) is 18.1 Å². The van der Waals surface area contributed by atoms with Gasteiger partial charge in [0.25, 0.3) is 11.9 Å². The number of carbonyl (C=O) groups is 1. The van der Waals surface area contributed by atoms with Crippen molar-refractivity contribution in [3.05, 3.63) is 59.2 Å². The summed E-state index contributed by atoms with van der Waals surface area (Å²) in [7, 11) is 0. The summed E-state index contributed by atoms with van der Waals surface area (Å²) < 4.78 is 33.9. The second-order valence-corrected chi connectivity index (χ2v) is 6.70. The van der Waals surface area contributed by atoms with Gasteiger partial charge >= 0.3 is 0 Å². The smallest absolute Gasteiger partial charge is 0.283 e. The van der Waals surface area contributed by atoms with Gasteiger partial charge in [-0.15, -0.1) is 0 Å². The molecule has 142 valence electrons. The molecule has 1 saturated carbocycles. The van der Waals surface area contributed by atoms with Crippen LogP contribution in [0.3, 0.4) is 0 Å². The molecule has 1 aliphatic carbocycles. The molecule has 0 bridgehead atoms. The zero-order valence-electron chi connectivity index (χ0n) is 14.5. The molecule has 28 heavy (non-hydrogen) atoms. The maximum absolute atomic E-state index is 14.6. The molecular formula is C19H15F2N5O2. The Morgan fingerprint density at radius 3 is 2.93 bits per heavy atom. The Kier molecular flexibility index (Phi) is 4.19. The van der Waals surface area contributed by atoms with E-state index in [0.29, 0.717) is 12.0 Å². The lowest BCUT2D eigenvalue weighted by molar-refractivity contribution is 0.102. The summed E-state index contributed by atoms with van der Waals surface area (Å²) in [5.74, 6) is -1.50. The number of nitrogens with one attached hydrogen (secondary N) is 1.